The lowest BCUT2D eigenvalue weighted by atomic mass is 9.76. The molecule has 21 heavy (non-hydrogen) atoms. The number of amides is 1. The molecule has 1 aromatic rings. The molecule has 0 aromatic heterocycles. The van der Waals surface area contributed by atoms with Gasteiger partial charge >= 0.3 is 0 Å². The standard InChI is InChI=1S/C16H21NO4/c1-11(18)17-16(8-6-13(19)7-9-16)12-4-5-14(20-2)15(10-12)21-3/h4-5,10H,6-9H2,1-3H3,(H,17,18). The first-order chi connectivity index (χ1) is 10.0. The van der Waals surface area contributed by atoms with Gasteiger partial charge in [-0.15, -0.1) is 0 Å². The lowest BCUT2D eigenvalue weighted by Crippen LogP contribution is -2.47. The highest BCUT2D eigenvalue weighted by molar-refractivity contribution is 5.81. The third-order valence-electron chi connectivity index (χ3n) is 4.01. The predicted octanol–water partition coefficient (Wildman–Crippen LogP) is 2.18. The number of hydrogen-bond acceptors (Lipinski definition) is 4. The molecule has 1 amide bonds. The van der Waals surface area contributed by atoms with Gasteiger partial charge in [-0.05, 0) is 30.5 Å². The Bertz CT molecular complexity index is 543. The topological polar surface area (TPSA) is 64.6 Å². The Morgan fingerprint density at radius 2 is 1.76 bits per heavy atom. The fourth-order valence-electron chi connectivity index (χ4n) is 2.91. The van der Waals surface area contributed by atoms with E-state index in [-0.39, 0.29) is 11.7 Å². The third-order valence-corrected chi connectivity index (χ3v) is 4.01. The summed E-state index contributed by atoms with van der Waals surface area (Å²) in [6, 6.07) is 5.63. The van der Waals surface area contributed by atoms with Crippen LogP contribution in [0.15, 0.2) is 18.2 Å². The number of ether oxygens (including phenoxy) is 2. The maximum atomic E-state index is 11.6. The van der Waals surface area contributed by atoms with Crippen LogP contribution in [0.3, 0.4) is 0 Å². The maximum absolute atomic E-state index is 11.6. The Labute approximate surface area is 124 Å². The van der Waals surface area contributed by atoms with E-state index in [1.807, 2.05) is 18.2 Å². The van der Waals surface area contributed by atoms with Gasteiger partial charge in [-0.2, -0.15) is 0 Å². The van der Waals surface area contributed by atoms with Crippen LogP contribution in [0.2, 0.25) is 0 Å². The van der Waals surface area contributed by atoms with Crippen molar-refractivity contribution < 1.29 is 19.1 Å². The molecule has 0 spiro atoms. The second-order valence-corrected chi connectivity index (χ2v) is 5.37. The molecule has 1 aliphatic carbocycles. The van der Waals surface area contributed by atoms with E-state index in [4.69, 9.17) is 9.47 Å². The van der Waals surface area contributed by atoms with Gasteiger partial charge in [0.15, 0.2) is 11.5 Å². The zero-order chi connectivity index (χ0) is 15.5. The second-order valence-electron chi connectivity index (χ2n) is 5.37. The van der Waals surface area contributed by atoms with E-state index in [0.717, 1.165) is 5.56 Å². The van der Waals surface area contributed by atoms with Gasteiger partial charge < -0.3 is 14.8 Å². The smallest absolute Gasteiger partial charge is 0.217 e. The molecule has 0 heterocycles. The Morgan fingerprint density at radius 3 is 2.29 bits per heavy atom. The summed E-state index contributed by atoms with van der Waals surface area (Å²) in [6.45, 7) is 1.50. The van der Waals surface area contributed by atoms with Crippen LogP contribution in [-0.2, 0) is 15.1 Å². The summed E-state index contributed by atoms with van der Waals surface area (Å²) in [7, 11) is 3.16. The monoisotopic (exact) mass is 291 g/mol. The minimum Gasteiger partial charge on any atom is -0.493 e. The van der Waals surface area contributed by atoms with Gasteiger partial charge in [0, 0.05) is 19.8 Å². The van der Waals surface area contributed by atoms with Crippen molar-refractivity contribution in [3.63, 3.8) is 0 Å². The molecule has 114 valence electrons. The van der Waals surface area contributed by atoms with Crippen molar-refractivity contribution in [2.75, 3.05) is 14.2 Å². The zero-order valence-electron chi connectivity index (χ0n) is 12.7. The molecule has 0 aliphatic heterocycles. The fraction of sp³-hybridized carbons (Fsp3) is 0.500. The minimum absolute atomic E-state index is 0.0980. The quantitative estimate of drug-likeness (QED) is 0.923. The van der Waals surface area contributed by atoms with Crippen LogP contribution in [0.4, 0.5) is 0 Å². The summed E-state index contributed by atoms with van der Waals surface area (Å²) in [5.74, 6) is 1.42. The summed E-state index contributed by atoms with van der Waals surface area (Å²) < 4.78 is 10.6. The van der Waals surface area contributed by atoms with Gasteiger partial charge in [0.2, 0.25) is 5.91 Å². The Morgan fingerprint density at radius 1 is 1.14 bits per heavy atom. The number of benzene rings is 1. The molecule has 5 heteroatoms. The molecule has 1 fully saturated rings. The first-order valence-electron chi connectivity index (χ1n) is 7.04. The van der Waals surface area contributed by atoms with Gasteiger partial charge in [-0.3, -0.25) is 9.59 Å². The number of carbonyl (C=O) groups is 2. The largest absolute Gasteiger partial charge is 0.493 e. The van der Waals surface area contributed by atoms with Crippen LogP contribution >= 0.6 is 0 Å². The highest BCUT2D eigenvalue weighted by atomic mass is 16.5. The summed E-state index contributed by atoms with van der Waals surface area (Å²) in [6.07, 6.45) is 2.19. The predicted molar refractivity (Wildman–Crippen MR) is 78.5 cm³/mol. The van der Waals surface area contributed by atoms with E-state index in [0.29, 0.717) is 37.2 Å². The first-order valence-corrected chi connectivity index (χ1v) is 7.04. The molecule has 0 bridgehead atoms. The average molecular weight is 291 g/mol. The fourth-order valence-corrected chi connectivity index (χ4v) is 2.91. The Hall–Kier alpha value is -2.04. The molecular formula is C16H21NO4. The van der Waals surface area contributed by atoms with Crippen LogP contribution < -0.4 is 14.8 Å². The highest BCUT2D eigenvalue weighted by Gasteiger charge is 2.37. The summed E-state index contributed by atoms with van der Waals surface area (Å²) >= 11 is 0. The van der Waals surface area contributed by atoms with Crippen molar-refractivity contribution in [1.82, 2.24) is 5.32 Å². The summed E-state index contributed by atoms with van der Waals surface area (Å²) in [5.41, 5.74) is 0.446. The number of hydrogen-bond donors (Lipinski definition) is 1. The van der Waals surface area contributed by atoms with Crippen molar-refractivity contribution in [3.05, 3.63) is 23.8 Å². The van der Waals surface area contributed by atoms with E-state index < -0.39 is 5.54 Å². The molecule has 1 N–H and O–H groups in total. The second kappa shape index (κ2) is 6.16. The van der Waals surface area contributed by atoms with Gasteiger partial charge in [0.05, 0.1) is 19.8 Å². The molecule has 0 radical (unpaired) electrons. The lowest BCUT2D eigenvalue weighted by Gasteiger charge is -2.38. The molecule has 5 nitrogen and oxygen atoms in total. The SMILES string of the molecule is COc1ccc(C2(NC(C)=O)CCC(=O)CC2)cc1OC. The Kier molecular flexibility index (Phi) is 4.50. The third kappa shape index (κ3) is 3.17. The van der Waals surface area contributed by atoms with E-state index in [9.17, 15) is 9.59 Å². The van der Waals surface area contributed by atoms with Crippen LogP contribution in [0.1, 0.15) is 38.2 Å². The minimum atomic E-state index is -0.501. The number of ketones is 1. The van der Waals surface area contributed by atoms with E-state index >= 15 is 0 Å². The van der Waals surface area contributed by atoms with Crippen molar-refractivity contribution in [2.24, 2.45) is 0 Å². The number of methoxy groups -OCH3 is 2. The van der Waals surface area contributed by atoms with E-state index in [2.05, 4.69) is 5.32 Å². The van der Waals surface area contributed by atoms with Crippen LogP contribution in [0.5, 0.6) is 11.5 Å². The summed E-state index contributed by atoms with van der Waals surface area (Å²) in [5, 5.41) is 3.03. The van der Waals surface area contributed by atoms with Gasteiger partial charge in [-0.25, -0.2) is 0 Å². The number of nitrogens with one attached hydrogen (secondary N) is 1. The molecule has 1 aliphatic rings. The zero-order valence-corrected chi connectivity index (χ0v) is 12.7. The molecule has 2 rings (SSSR count). The number of carbonyl (C=O) groups excluding carboxylic acids is 2. The molecule has 0 atom stereocenters. The molecule has 0 saturated heterocycles. The van der Waals surface area contributed by atoms with Crippen LogP contribution in [0, 0.1) is 0 Å². The Balaban J connectivity index is 2.41. The van der Waals surface area contributed by atoms with Crippen molar-refractivity contribution >= 4 is 11.7 Å². The van der Waals surface area contributed by atoms with Gasteiger partial charge in [0.1, 0.15) is 5.78 Å². The first kappa shape index (κ1) is 15.4. The van der Waals surface area contributed by atoms with Crippen LogP contribution in [0.25, 0.3) is 0 Å². The highest BCUT2D eigenvalue weighted by Crippen LogP contribution is 2.39. The van der Waals surface area contributed by atoms with Crippen LogP contribution in [-0.4, -0.2) is 25.9 Å². The van der Waals surface area contributed by atoms with Crippen molar-refractivity contribution in [2.45, 2.75) is 38.1 Å². The van der Waals surface area contributed by atoms with Gasteiger partial charge in [-0.1, -0.05) is 6.07 Å². The van der Waals surface area contributed by atoms with Gasteiger partial charge in [0.25, 0.3) is 0 Å². The molecular weight excluding hydrogens is 270 g/mol. The molecule has 1 aromatic carbocycles. The average Bonchev–Trinajstić information content (AvgIpc) is 2.48. The van der Waals surface area contributed by atoms with E-state index in [1.165, 1.54) is 6.92 Å². The lowest BCUT2D eigenvalue weighted by molar-refractivity contribution is -0.126. The molecule has 1 saturated carbocycles. The number of rotatable bonds is 4. The van der Waals surface area contributed by atoms with Crippen molar-refractivity contribution in [1.29, 1.82) is 0 Å². The molecule has 0 unspecified atom stereocenters. The van der Waals surface area contributed by atoms with E-state index in [1.54, 1.807) is 14.2 Å². The number of Topliss-reactive ketones (excluding diaryl/α,β-unsaturated/α-hetero) is 1. The maximum Gasteiger partial charge on any atom is 0.217 e. The normalized spacial score (nSPS) is 17.2. The van der Waals surface area contributed by atoms with Crippen molar-refractivity contribution in [3.8, 4) is 11.5 Å². The summed E-state index contributed by atoms with van der Waals surface area (Å²) in [4.78, 5) is 23.1.